The van der Waals surface area contributed by atoms with Crippen LogP contribution in [0.3, 0.4) is 0 Å². The van der Waals surface area contributed by atoms with Crippen LogP contribution in [-0.4, -0.2) is 24.5 Å². The maximum atomic E-state index is 6.19. The summed E-state index contributed by atoms with van der Waals surface area (Å²) >= 11 is 12.1. The lowest BCUT2D eigenvalue weighted by Gasteiger charge is -2.29. The largest absolute Gasteiger partial charge is 0.329 e. The summed E-state index contributed by atoms with van der Waals surface area (Å²) in [5, 5.41) is 1.35. The monoisotopic (exact) mass is 260 g/mol. The second-order valence-corrected chi connectivity index (χ2v) is 4.48. The molecule has 1 atom stereocenters. The molecule has 1 unspecified atom stereocenters. The highest BCUT2D eigenvalue weighted by atomic mass is 35.5. The van der Waals surface area contributed by atoms with Crippen LogP contribution in [0.15, 0.2) is 18.2 Å². The Morgan fingerprint density at radius 2 is 1.88 bits per heavy atom. The second-order valence-electron chi connectivity index (χ2n) is 3.64. The molecule has 0 amide bonds. The number of hydrogen-bond donors (Lipinski definition) is 1. The van der Waals surface area contributed by atoms with Crippen molar-refractivity contribution in [2.45, 2.75) is 19.9 Å². The van der Waals surface area contributed by atoms with Gasteiger partial charge in [-0.15, -0.1) is 0 Å². The predicted molar refractivity (Wildman–Crippen MR) is 71.2 cm³/mol. The van der Waals surface area contributed by atoms with Crippen LogP contribution in [0, 0.1) is 0 Å². The van der Waals surface area contributed by atoms with Gasteiger partial charge >= 0.3 is 0 Å². The average molecular weight is 261 g/mol. The molecule has 0 bridgehead atoms. The highest BCUT2D eigenvalue weighted by Crippen LogP contribution is 2.29. The van der Waals surface area contributed by atoms with Crippen LogP contribution >= 0.6 is 23.2 Å². The van der Waals surface area contributed by atoms with Crippen molar-refractivity contribution in [2.75, 3.05) is 19.6 Å². The maximum absolute atomic E-state index is 6.19. The van der Waals surface area contributed by atoms with Crippen molar-refractivity contribution in [3.63, 3.8) is 0 Å². The molecule has 0 saturated heterocycles. The van der Waals surface area contributed by atoms with Gasteiger partial charge in [0.1, 0.15) is 0 Å². The topological polar surface area (TPSA) is 29.3 Å². The van der Waals surface area contributed by atoms with E-state index in [2.05, 4.69) is 18.7 Å². The van der Waals surface area contributed by atoms with E-state index in [1.807, 2.05) is 12.1 Å². The number of benzene rings is 1. The molecule has 4 heteroatoms. The molecular formula is C12H18Cl2N2. The third kappa shape index (κ3) is 3.11. The summed E-state index contributed by atoms with van der Waals surface area (Å²) in [6.45, 7) is 6.71. The third-order valence-corrected chi connectivity index (χ3v) is 3.36. The summed E-state index contributed by atoms with van der Waals surface area (Å²) in [4.78, 5) is 2.29. The Balaban J connectivity index is 3.03. The van der Waals surface area contributed by atoms with Crippen molar-refractivity contribution in [2.24, 2.45) is 5.73 Å². The van der Waals surface area contributed by atoms with E-state index in [1.54, 1.807) is 6.07 Å². The summed E-state index contributed by atoms with van der Waals surface area (Å²) < 4.78 is 0. The molecule has 0 aliphatic carbocycles. The molecule has 0 fully saturated rings. The second kappa shape index (κ2) is 6.45. The van der Waals surface area contributed by atoms with Gasteiger partial charge in [-0.3, -0.25) is 4.90 Å². The van der Waals surface area contributed by atoms with Crippen LogP contribution < -0.4 is 5.73 Å². The van der Waals surface area contributed by atoms with Crippen LogP contribution in [0.2, 0.25) is 10.0 Å². The van der Waals surface area contributed by atoms with Crippen LogP contribution in [0.25, 0.3) is 0 Å². The molecule has 0 aliphatic heterocycles. The highest BCUT2D eigenvalue weighted by molar-refractivity contribution is 6.35. The maximum Gasteiger partial charge on any atom is 0.0484 e. The molecule has 0 aliphatic rings. The Morgan fingerprint density at radius 3 is 2.31 bits per heavy atom. The SMILES string of the molecule is CCN(CC)C(CN)c1ccc(Cl)cc1Cl. The summed E-state index contributed by atoms with van der Waals surface area (Å²) in [6.07, 6.45) is 0. The van der Waals surface area contributed by atoms with E-state index in [9.17, 15) is 0 Å². The summed E-state index contributed by atoms with van der Waals surface area (Å²) in [5.74, 6) is 0. The molecule has 0 heterocycles. The number of hydrogen-bond acceptors (Lipinski definition) is 2. The Kier molecular flexibility index (Phi) is 5.56. The molecule has 0 spiro atoms. The van der Waals surface area contributed by atoms with Crippen LogP contribution in [0.1, 0.15) is 25.5 Å². The van der Waals surface area contributed by atoms with E-state index in [0.717, 1.165) is 18.7 Å². The van der Waals surface area contributed by atoms with Gasteiger partial charge < -0.3 is 5.73 Å². The van der Waals surface area contributed by atoms with Gasteiger partial charge in [-0.05, 0) is 30.8 Å². The third-order valence-electron chi connectivity index (χ3n) is 2.80. The van der Waals surface area contributed by atoms with E-state index in [1.165, 1.54) is 0 Å². The van der Waals surface area contributed by atoms with Crippen LogP contribution in [-0.2, 0) is 0 Å². The van der Waals surface area contributed by atoms with Crippen molar-refractivity contribution in [1.82, 2.24) is 4.90 Å². The minimum atomic E-state index is 0.166. The van der Waals surface area contributed by atoms with Crippen LogP contribution in [0.4, 0.5) is 0 Å². The standard InChI is InChI=1S/C12H18Cl2N2/c1-3-16(4-2)12(8-15)10-6-5-9(13)7-11(10)14/h5-7,12H,3-4,8,15H2,1-2H3. The molecule has 16 heavy (non-hydrogen) atoms. The van der Waals surface area contributed by atoms with Gasteiger partial charge in [0.25, 0.3) is 0 Å². The summed E-state index contributed by atoms with van der Waals surface area (Å²) in [7, 11) is 0. The fourth-order valence-electron chi connectivity index (χ4n) is 1.91. The fourth-order valence-corrected chi connectivity index (χ4v) is 2.44. The zero-order chi connectivity index (χ0) is 12.1. The van der Waals surface area contributed by atoms with Gasteiger partial charge in [0.2, 0.25) is 0 Å². The number of nitrogens with zero attached hydrogens (tertiary/aromatic N) is 1. The van der Waals surface area contributed by atoms with Crippen molar-refractivity contribution >= 4 is 23.2 Å². The van der Waals surface area contributed by atoms with Gasteiger partial charge in [-0.2, -0.15) is 0 Å². The lowest BCUT2D eigenvalue weighted by Crippen LogP contribution is -2.33. The molecular weight excluding hydrogens is 243 g/mol. The molecule has 90 valence electrons. The highest BCUT2D eigenvalue weighted by Gasteiger charge is 2.18. The smallest absolute Gasteiger partial charge is 0.0484 e. The van der Waals surface area contributed by atoms with Crippen molar-refractivity contribution in [3.8, 4) is 0 Å². The quantitative estimate of drug-likeness (QED) is 0.880. The first-order valence-corrected chi connectivity index (χ1v) is 6.28. The average Bonchev–Trinajstić information content (AvgIpc) is 2.27. The lowest BCUT2D eigenvalue weighted by atomic mass is 10.1. The normalized spacial score (nSPS) is 13.1. The first kappa shape index (κ1) is 13.8. The molecule has 2 nitrogen and oxygen atoms in total. The fraction of sp³-hybridized carbons (Fsp3) is 0.500. The van der Waals surface area contributed by atoms with E-state index in [4.69, 9.17) is 28.9 Å². The molecule has 0 saturated carbocycles. The van der Waals surface area contributed by atoms with Crippen molar-refractivity contribution < 1.29 is 0 Å². The lowest BCUT2D eigenvalue weighted by molar-refractivity contribution is 0.224. The predicted octanol–water partition coefficient (Wildman–Crippen LogP) is 3.34. The van der Waals surface area contributed by atoms with Gasteiger partial charge in [-0.1, -0.05) is 43.1 Å². The minimum absolute atomic E-state index is 0.166. The van der Waals surface area contributed by atoms with Gasteiger partial charge in [0, 0.05) is 22.6 Å². The Bertz CT molecular complexity index is 338. The van der Waals surface area contributed by atoms with Gasteiger partial charge in [-0.25, -0.2) is 0 Å². The first-order valence-electron chi connectivity index (χ1n) is 5.53. The van der Waals surface area contributed by atoms with E-state index < -0.39 is 0 Å². The molecule has 0 radical (unpaired) electrons. The summed E-state index contributed by atoms with van der Waals surface area (Å²) in [5.41, 5.74) is 6.88. The van der Waals surface area contributed by atoms with Crippen LogP contribution in [0.5, 0.6) is 0 Å². The van der Waals surface area contributed by atoms with E-state index in [0.29, 0.717) is 16.6 Å². The van der Waals surface area contributed by atoms with Gasteiger partial charge in [0.05, 0.1) is 0 Å². The van der Waals surface area contributed by atoms with E-state index >= 15 is 0 Å². The molecule has 1 aromatic carbocycles. The summed E-state index contributed by atoms with van der Waals surface area (Å²) in [6, 6.07) is 5.75. The van der Waals surface area contributed by atoms with E-state index in [-0.39, 0.29) is 6.04 Å². The Morgan fingerprint density at radius 1 is 1.25 bits per heavy atom. The molecule has 1 rings (SSSR count). The van der Waals surface area contributed by atoms with Gasteiger partial charge in [0.15, 0.2) is 0 Å². The zero-order valence-corrected chi connectivity index (χ0v) is 11.2. The zero-order valence-electron chi connectivity index (χ0n) is 9.71. The number of halogens is 2. The number of nitrogens with two attached hydrogens (primary N) is 1. The number of rotatable bonds is 5. The Labute approximate surface area is 107 Å². The molecule has 1 aromatic rings. The first-order chi connectivity index (χ1) is 7.63. The number of likely N-dealkylation sites (N-methyl/N-ethyl adjacent to an activating group) is 1. The molecule has 0 aromatic heterocycles. The molecule has 2 N–H and O–H groups in total. The minimum Gasteiger partial charge on any atom is -0.329 e. The van der Waals surface area contributed by atoms with Crippen molar-refractivity contribution in [3.05, 3.63) is 33.8 Å². The van der Waals surface area contributed by atoms with Crippen molar-refractivity contribution in [1.29, 1.82) is 0 Å². The Hall–Kier alpha value is -0.280.